The van der Waals surface area contributed by atoms with Crippen LogP contribution >= 0.6 is 7.60 Å². The zero-order chi connectivity index (χ0) is 28.0. The summed E-state index contributed by atoms with van der Waals surface area (Å²) < 4.78 is 57.3. The average molecular weight is 569 g/mol. The van der Waals surface area contributed by atoms with Crippen molar-refractivity contribution in [2.75, 3.05) is 13.3 Å². The number of hydrogen-bond acceptors (Lipinski definition) is 8. The van der Waals surface area contributed by atoms with Gasteiger partial charge in [-0.2, -0.15) is 0 Å². The molecule has 2 aliphatic rings. The molecule has 0 N–H and O–H groups in total. The first-order valence-corrected chi connectivity index (χ1v) is 15.2. The SMILES string of the molecule is CO[C@@H]1O[C@H](CP(=O)(OCc2ccccc2)OCc2ccccc2)[C@@H]2OC(C)(C)O[C@@H]2[C@H]1OCc1ccccc1. The van der Waals surface area contributed by atoms with Gasteiger partial charge in [-0.15, -0.1) is 0 Å². The molecule has 2 aliphatic heterocycles. The van der Waals surface area contributed by atoms with Gasteiger partial charge in [0.25, 0.3) is 0 Å². The second-order valence-electron chi connectivity index (χ2n) is 10.4. The van der Waals surface area contributed by atoms with Crippen molar-refractivity contribution >= 4 is 7.60 Å². The maximum atomic E-state index is 14.3. The summed E-state index contributed by atoms with van der Waals surface area (Å²) in [5.41, 5.74) is 2.79. The van der Waals surface area contributed by atoms with Gasteiger partial charge in [0.05, 0.1) is 26.0 Å². The molecule has 2 heterocycles. The van der Waals surface area contributed by atoms with Crippen molar-refractivity contribution in [3.63, 3.8) is 0 Å². The monoisotopic (exact) mass is 568 g/mol. The van der Waals surface area contributed by atoms with Crippen LogP contribution < -0.4 is 0 Å². The predicted octanol–water partition coefficient (Wildman–Crippen LogP) is 6.09. The molecular weight excluding hydrogens is 531 g/mol. The van der Waals surface area contributed by atoms with Crippen LogP contribution in [0.4, 0.5) is 0 Å². The molecule has 3 aromatic rings. The van der Waals surface area contributed by atoms with Crippen LogP contribution in [0.5, 0.6) is 0 Å². The van der Waals surface area contributed by atoms with E-state index in [9.17, 15) is 4.57 Å². The van der Waals surface area contributed by atoms with Gasteiger partial charge < -0.3 is 32.7 Å². The van der Waals surface area contributed by atoms with Crippen molar-refractivity contribution in [3.05, 3.63) is 108 Å². The minimum absolute atomic E-state index is 0.0431. The molecule has 214 valence electrons. The summed E-state index contributed by atoms with van der Waals surface area (Å²) in [6.07, 6.45) is -3.16. The molecule has 5 rings (SSSR count). The number of fused-ring (bicyclic) bond motifs is 1. The lowest BCUT2D eigenvalue weighted by atomic mass is 9.99. The van der Waals surface area contributed by atoms with Crippen molar-refractivity contribution in [2.45, 2.75) is 70.2 Å². The zero-order valence-corrected chi connectivity index (χ0v) is 24.0. The summed E-state index contributed by atoms with van der Waals surface area (Å²) in [7, 11) is -2.13. The second kappa shape index (κ2) is 13.1. The largest absolute Gasteiger partial charge is 0.365 e. The van der Waals surface area contributed by atoms with Crippen molar-refractivity contribution in [1.29, 1.82) is 0 Å². The quantitative estimate of drug-likeness (QED) is 0.243. The molecule has 40 heavy (non-hydrogen) atoms. The van der Waals surface area contributed by atoms with Gasteiger partial charge in [-0.1, -0.05) is 91.0 Å². The van der Waals surface area contributed by atoms with Crippen LogP contribution in [0, 0.1) is 0 Å². The molecule has 0 spiro atoms. The standard InChI is InChI=1S/C31H37O8P/c1-31(2)38-27-26(37-30(33-3)29(28(27)39-31)34-19-23-13-7-4-8-14-23)22-40(32,35-20-24-15-9-5-10-16-24)36-21-25-17-11-6-12-18-25/h4-18,26-30H,19-22H2,1-3H3/t26-,27+,28+,29-,30-/m1/s1. The Morgan fingerprint density at radius 1 is 0.725 bits per heavy atom. The fraction of sp³-hybridized carbons (Fsp3) is 0.419. The lowest BCUT2D eigenvalue weighted by Gasteiger charge is -2.42. The first kappa shape index (κ1) is 29.1. The van der Waals surface area contributed by atoms with Gasteiger partial charge in [0, 0.05) is 7.11 Å². The van der Waals surface area contributed by atoms with Crippen molar-refractivity contribution in [3.8, 4) is 0 Å². The van der Waals surface area contributed by atoms with Gasteiger partial charge >= 0.3 is 7.60 Å². The molecule has 0 bridgehead atoms. The highest BCUT2D eigenvalue weighted by Crippen LogP contribution is 2.53. The van der Waals surface area contributed by atoms with E-state index in [2.05, 4.69) is 0 Å². The highest BCUT2D eigenvalue weighted by atomic mass is 31.2. The fourth-order valence-corrected chi connectivity index (χ4v) is 6.69. The van der Waals surface area contributed by atoms with E-state index in [1.165, 1.54) is 0 Å². The summed E-state index contributed by atoms with van der Waals surface area (Å²) in [5.74, 6) is -0.895. The molecule has 5 atom stereocenters. The number of ether oxygens (including phenoxy) is 5. The summed E-state index contributed by atoms with van der Waals surface area (Å²) in [6, 6.07) is 29.0. The summed E-state index contributed by atoms with van der Waals surface area (Å²) in [4.78, 5) is 0. The molecule has 0 aliphatic carbocycles. The van der Waals surface area contributed by atoms with E-state index in [0.29, 0.717) is 6.61 Å². The van der Waals surface area contributed by atoms with Crippen LogP contribution in [0.25, 0.3) is 0 Å². The van der Waals surface area contributed by atoms with Crippen LogP contribution in [-0.2, 0) is 57.1 Å². The van der Waals surface area contributed by atoms with Crippen LogP contribution in [0.2, 0.25) is 0 Å². The highest BCUT2D eigenvalue weighted by Gasteiger charge is 2.57. The van der Waals surface area contributed by atoms with E-state index in [4.69, 9.17) is 32.7 Å². The van der Waals surface area contributed by atoms with Crippen molar-refractivity contribution < 1.29 is 37.3 Å². The topological polar surface area (TPSA) is 81.7 Å². The van der Waals surface area contributed by atoms with E-state index in [0.717, 1.165) is 16.7 Å². The fourth-order valence-electron chi connectivity index (χ4n) is 4.97. The molecule has 0 aromatic heterocycles. The Hall–Kier alpha value is -2.39. The van der Waals surface area contributed by atoms with E-state index in [1.54, 1.807) is 7.11 Å². The number of rotatable bonds is 12. The zero-order valence-electron chi connectivity index (χ0n) is 23.1. The molecule has 2 saturated heterocycles. The summed E-state index contributed by atoms with van der Waals surface area (Å²) >= 11 is 0. The lowest BCUT2D eigenvalue weighted by Crippen LogP contribution is -2.58. The van der Waals surface area contributed by atoms with Crippen LogP contribution in [0.1, 0.15) is 30.5 Å². The molecule has 0 radical (unpaired) electrons. The van der Waals surface area contributed by atoms with Gasteiger partial charge in [-0.3, -0.25) is 4.57 Å². The maximum absolute atomic E-state index is 14.3. The normalized spacial score (nSPS) is 25.9. The number of methoxy groups -OCH3 is 1. The first-order chi connectivity index (χ1) is 19.3. The predicted molar refractivity (Wildman–Crippen MR) is 149 cm³/mol. The van der Waals surface area contributed by atoms with Crippen LogP contribution in [-0.4, -0.2) is 49.8 Å². The Morgan fingerprint density at radius 2 is 1.20 bits per heavy atom. The van der Waals surface area contributed by atoms with Gasteiger partial charge in [-0.25, -0.2) is 0 Å². The summed E-state index contributed by atoms with van der Waals surface area (Å²) in [5, 5.41) is 0. The minimum Gasteiger partial charge on any atom is -0.365 e. The van der Waals surface area contributed by atoms with Crippen LogP contribution in [0.3, 0.4) is 0 Å². The Morgan fingerprint density at radius 3 is 1.70 bits per heavy atom. The molecule has 3 aromatic carbocycles. The smallest absolute Gasteiger partial charge is 0.334 e. The second-order valence-corrected chi connectivity index (χ2v) is 12.5. The lowest BCUT2D eigenvalue weighted by molar-refractivity contribution is -0.278. The Labute approximate surface area is 236 Å². The van der Waals surface area contributed by atoms with E-state index < -0.39 is 44.1 Å². The van der Waals surface area contributed by atoms with E-state index >= 15 is 0 Å². The van der Waals surface area contributed by atoms with Gasteiger partial charge in [-0.05, 0) is 30.5 Å². The van der Waals surface area contributed by atoms with Crippen molar-refractivity contribution in [2.24, 2.45) is 0 Å². The van der Waals surface area contributed by atoms with Crippen LogP contribution in [0.15, 0.2) is 91.0 Å². The molecular formula is C31H37O8P. The van der Waals surface area contributed by atoms with Gasteiger partial charge in [0.1, 0.15) is 24.4 Å². The third kappa shape index (κ3) is 7.46. The third-order valence-corrected chi connectivity index (χ3v) is 8.75. The molecule has 2 fully saturated rings. The Bertz CT molecular complexity index is 1190. The Kier molecular flexibility index (Phi) is 9.51. The number of hydrogen-bond donors (Lipinski definition) is 0. The first-order valence-electron chi connectivity index (χ1n) is 13.5. The Balaban J connectivity index is 1.35. The molecule has 0 amide bonds. The average Bonchev–Trinajstić information content (AvgIpc) is 3.31. The van der Waals surface area contributed by atoms with Gasteiger partial charge in [0.2, 0.25) is 0 Å². The molecule has 9 heteroatoms. The third-order valence-electron chi connectivity index (χ3n) is 6.89. The molecule has 0 unspecified atom stereocenters. The molecule has 0 saturated carbocycles. The molecule has 8 nitrogen and oxygen atoms in total. The number of benzene rings is 3. The van der Waals surface area contributed by atoms with Crippen molar-refractivity contribution in [1.82, 2.24) is 0 Å². The maximum Gasteiger partial charge on any atom is 0.334 e. The van der Waals surface area contributed by atoms with Gasteiger partial charge in [0.15, 0.2) is 12.1 Å². The van der Waals surface area contributed by atoms with E-state index in [-0.39, 0.29) is 19.4 Å². The highest BCUT2D eigenvalue weighted by molar-refractivity contribution is 7.53. The summed E-state index contributed by atoms with van der Waals surface area (Å²) in [6.45, 7) is 4.30. The van der Waals surface area contributed by atoms with E-state index in [1.807, 2.05) is 105 Å². The minimum atomic E-state index is -3.69.